The second-order valence-corrected chi connectivity index (χ2v) is 9.61. The molecule has 0 unspecified atom stereocenters. The number of rotatable bonds is 7. The standard InChI is InChI=1S/C24H26N8O3S/c1-3-25-24(34)32-11-9-16(13-32)28-21-19-18(8-10-26-20(19)30-31-21)35-17-6-4-15(5-7-17)22(33)29-23-27-12-14(2)36-23/h4-8,10,12,16H,3,9,11,13H2,1-2H3,(H,25,34)(H,27,29,33)(H2,26,28,30,31)/t16-/m1/s1. The van der Waals surface area contributed by atoms with E-state index in [2.05, 4.69) is 36.1 Å². The molecular weight excluding hydrogens is 480 g/mol. The highest BCUT2D eigenvalue weighted by Crippen LogP contribution is 2.33. The van der Waals surface area contributed by atoms with E-state index in [1.165, 1.54) is 11.3 Å². The third-order valence-corrected chi connectivity index (χ3v) is 6.58. The molecule has 5 rings (SSSR count). The number of fused-ring (bicyclic) bond motifs is 1. The first-order valence-electron chi connectivity index (χ1n) is 11.6. The monoisotopic (exact) mass is 506 g/mol. The molecule has 0 spiro atoms. The molecule has 3 aromatic heterocycles. The van der Waals surface area contributed by atoms with Crippen LogP contribution in [0.5, 0.6) is 11.5 Å². The Hall–Kier alpha value is -4.19. The Morgan fingerprint density at radius 1 is 1.22 bits per heavy atom. The normalized spacial score (nSPS) is 15.2. The number of aryl methyl sites for hydroxylation is 1. The maximum Gasteiger partial charge on any atom is 0.317 e. The van der Waals surface area contributed by atoms with Crippen LogP contribution in [-0.2, 0) is 0 Å². The number of carbonyl (C=O) groups excluding carboxylic acids is 2. The van der Waals surface area contributed by atoms with E-state index in [1.54, 1.807) is 47.6 Å². The van der Waals surface area contributed by atoms with Crippen LogP contribution in [0, 0.1) is 6.92 Å². The highest BCUT2D eigenvalue weighted by Gasteiger charge is 2.27. The summed E-state index contributed by atoms with van der Waals surface area (Å²) in [4.78, 5) is 36.0. The van der Waals surface area contributed by atoms with Crippen molar-refractivity contribution in [3.8, 4) is 11.5 Å². The van der Waals surface area contributed by atoms with Gasteiger partial charge in [0.15, 0.2) is 16.6 Å². The van der Waals surface area contributed by atoms with E-state index in [0.29, 0.717) is 53.3 Å². The quantitative estimate of drug-likeness (QED) is 0.297. The fraction of sp³-hybridized carbons (Fsp3) is 0.292. The van der Waals surface area contributed by atoms with Crippen LogP contribution in [0.15, 0.2) is 42.7 Å². The lowest BCUT2D eigenvalue weighted by atomic mass is 10.2. The summed E-state index contributed by atoms with van der Waals surface area (Å²) in [5.41, 5.74) is 1.09. The predicted octanol–water partition coefficient (Wildman–Crippen LogP) is 3.98. The highest BCUT2D eigenvalue weighted by molar-refractivity contribution is 7.15. The van der Waals surface area contributed by atoms with Crippen molar-refractivity contribution >= 4 is 45.3 Å². The number of likely N-dealkylation sites (tertiary alicyclic amines) is 1. The van der Waals surface area contributed by atoms with E-state index in [9.17, 15) is 9.59 Å². The third kappa shape index (κ3) is 5.08. The fourth-order valence-corrected chi connectivity index (χ4v) is 4.67. The first kappa shape index (κ1) is 23.5. The number of aromatic amines is 1. The van der Waals surface area contributed by atoms with Gasteiger partial charge in [-0.2, -0.15) is 5.10 Å². The number of anilines is 2. The number of amides is 3. The molecule has 1 atom stereocenters. The van der Waals surface area contributed by atoms with Crippen molar-refractivity contribution in [1.29, 1.82) is 0 Å². The smallest absolute Gasteiger partial charge is 0.317 e. The maximum absolute atomic E-state index is 12.5. The van der Waals surface area contributed by atoms with Crippen molar-refractivity contribution in [2.75, 3.05) is 30.3 Å². The van der Waals surface area contributed by atoms with Gasteiger partial charge in [0.2, 0.25) is 0 Å². The molecule has 1 fully saturated rings. The van der Waals surface area contributed by atoms with Crippen molar-refractivity contribution in [3.05, 3.63) is 53.2 Å². The minimum absolute atomic E-state index is 0.0572. The Morgan fingerprint density at radius 2 is 2.06 bits per heavy atom. The predicted molar refractivity (Wildman–Crippen MR) is 138 cm³/mol. The molecule has 3 amide bonds. The summed E-state index contributed by atoms with van der Waals surface area (Å²) < 4.78 is 6.15. The largest absolute Gasteiger partial charge is 0.456 e. The van der Waals surface area contributed by atoms with Gasteiger partial charge in [0.05, 0.1) is 0 Å². The van der Waals surface area contributed by atoms with Crippen LogP contribution in [0.3, 0.4) is 0 Å². The first-order valence-corrected chi connectivity index (χ1v) is 12.5. The third-order valence-electron chi connectivity index (χ3n) is 5.75. The second-order valence-electron chi connectivity index (χ2n) is 8.37. The molecule has 1 aliphatic heterocycles. The summed E-state index contributed by atoms with van der Waals surface area (Å²) in [5.74, 6) is 1.53. The van der Waals surface area contributed by atoms with Gasteiger partial charge in [-0.05, 0) is 44.5 Å². The van der Waals surface area contributed by atoms with Gasteiger partial charge in [0.1, 0.15) is 16.9 Å². The van der Waals surface area contributed by atoms with E-state index < -0.39 is 0 Å². The zero-order valence-corrected chi connectivity index (χ0v) is 20.7. The van der Waals surface area contributed by atoms with Crippen LogP contribution < -0.4 is 20.7 Å². The lowest BCUT2D eigenvalue weighted by Gasteiger charge is -2.17. The van der Waals surface area contributed by atoms with Gasteiger partial charge >= 0.3 is 6.03 Å². The molecule has 4 heterocycles. The number of urea groups is 1. The number of nitrogens with one attached hydrogen (secondary N) is 4. The summed E-state index contributed by atoms with van der Waals surface area (Å²) >= 11 is 1.42. The molecule has 4 aromatic rings. The summed E-state index contributed by atoms with van der Waals surface area (Å²) in [5, 5.41) is 17.7. The van der Waals surface area contributed by atoms with E-state index in [1.807, 2.05) is 13.8 Å². The van der Waals surface area contributed by atoms with Crippen molar-refractivity contribution in [3.63, 3.8) is 0 Å². The molecule has 1 saturated heterocycles. The number of pyridine rings is 1. The first-order chi connectivity index (χ1) is 17.5. The fourth-order valence-electron chi connectivity index (χ4n) is 4.01. The number of hydrogen-bond donors (Lipinski definition) is 4. The number of benzene rings is 1. The SMILES string of the molecule is CCNC(=O)N1CC[C@@H](Nc2n[nH]c3nccc(Oc4ccc(C(=O)Nc5ncc(C)s5)cc4)c23)C1. The minimum Gasteiger partial charge on any atom is -0.456 e. The Labute approximate surface area is 211 Å². The number of H-pyrrole nitrogens is 1. The van der Waals surface area contributed by atoms with Crippen molar-refractivity contribution < 1.29 is 14.3 Å². The van der Waals surface area contributed by atoms with Gasteiger partial charge in [-0.25, -0.2) is 14.8 Å². The van der Waals surface area contributed by atoms with Crippen molar-refractivity contribution in [1.82, 2.24) is 30.4 Å². The van der Waals surface area contributed by atoms with E-state index in [0.717, 1.165) is 16.7 Å². The Morgan fingerprint density at radius 3 is 2.81 bits per heavy atom. The maximum atomic E-state index is 12.5. The molecule has 0 saturated carbocycles. The number of aromatic nitrogens is 4. The number of ether oxygens (including phenoxy) is 1. The molecule has 1 aliphatic rings. The summed E-state index contributed by atoms with van der Waals surface area (Å²) in [6, 6.07) is 8.65. The van der Waals surface area contributed by atoms with E-state index in [4.69, 9.17) is 4.74 Å². The minimum atomic E-state index is -0.234. The molecule has 0 bridgehead atoms. The molecule has 0 aliphatic carbocycles. The Balaban J connectivity index is 1.28. The summed E-state index contributed by atoms with van der Waals surface area (Å²) in [6.07, 6.45) is 4.17. The number of hydrogen-bond acceptors (Lipinski definition) is 8. The highest BCUT2D eigenvalue weighted by atomic mass is 32.1. The van der Waals surface area contributed by atoms with Crippen molar-refractivity contribution in [2.45, 2.75) is 26.3 Å². The average molecular weight is 507 g/mol. The van der Waals surface area contributed by atoms with Crippen LogP contribution in [0.1, 0.15) is 28.6 Å². The zero-order chi connectivity index (χ0) is 25.1. The van der Waals surface area contributed by atoms with Crippen LogP contribution in [0.25, 0.3) is 11.0 Å². The van der Waals surface area contributed by atoms with Crippen LogP contribution in [0.2, 0.25) is 0 Å². The van der Waals surface area contributed by atoms with Crippen LogP contribution >= 0.6 is 11.3 Å². The zero-order valence-electron chi connectivity index (χ0n) is 19.9. The summed E-state index contributed by atoms with van der Waals surface area (Å²) in [6.45, 7) is 5.70. The van der Waals surface area contributed by atoms with Gasteiger partial charge < -0.3 is 20.3 Å². The molecule has 36 heavy (non-hydrogen) atoms. The van der Waals surface area contributed by atoms with Gasteiger partial charge in [0.25, 0.3) is 5.91 Å². The molecule has 1 aromatic carbocycles. The Kier molecular flexibility index (Phi) is 6.67. The van der Waals surface area contributed by atoms with E-state index >= 15 is 0 Å². The van der Waals surface area contributed by atoms with E-state index in [-0.39, 0.29) is 18.0 Å². The van der Waals surface area contributed by atoms with Gasteiger partial charge in [-0.15, -0.1) is 11.3 Å². The molecule has 4 N–H and O–H groups in total. The average Bonchev–Trinajstić information content (AvgIpc) is 3.61. The van der Waals surface area contributed by atoms with Gasteiger partial charge in [-0.3, -0.25) is 15.2 Å². The van der Waals surface area contributed by atoms with Crippen LogP contribution in [0.4, 0.5) is 15.7 Å². The Bertz CT molecular complexity index is 1380. The molecule has 0 radical (unpaired) electrons. The van der Waals surface area contributed by atoms with Crippen molar-refractivity contribution in [2.24, 2.45) is 0 Å². The number of carbonyl (C=O) groups is 2. The molecular formula is C24H26N8O3S. The van der Waals surface area contributed by atoms with Gasteiger partial charge in [-0.1, -0.05) is 0 Å². The van der Waals surface area contributed by atoms with Crippen LogP contribution in [-0.4, -0.2) is 62.7 Å². The second kappa shape index (κ2) is 10.2. The molecule has 12 heteroatoms. The topological polar surface area (TPSA) is 137 Å². The molecule has 11 nitrogen and oxygen atoms in total. The lowest BCUT2D eigenvalue weighted by Crippen LogP contribution is -2.39. The molecule has 186 valence electrons. The lowest BCUT2D eigenvalue weighted by molar-refractivity contribution is 0.102. The number of nitrogens with zero attached hydrogens (tertiary/aromatic N) is 4. The number of thiazole rings is 1. The van der Waals surface area contributed by atoms with Gasteiger partial charge in [0, 0.05) is 54.6 Å². The summed E-state index contributed by atoms with van der Waals surface area (Å²) in [7, 11) is 0.